The number of fused-ring (bicyclic) bond motifs is 1. The van der Waals surface area contributed by atoms with Crippen LogP contribution in [0.3, 0.4) is 0 Å². The van der Waals surface area contributed by atoms with Gasteiger partial charge in [0.15, 0.2) is 5.76 Å². The minimum atomic E-state index is -0.768. The third-order valence-corrected chi connectivity index (χ3v) is 5.65. The Morgan fingerprint density at radius 3 is 2.83 bits per heavy atom. The van der Waals surface area contributed by atoms with Gasteiger partial charge in [0.05, 0.1) is 5.41 Å². The van der Waals surface area contributed by atoms with E-state index >= 15 is 0 Å². The number of likely N-dealkylation sites (tertiary alicyclic amines) is 1. The Hall–Kier alpha value is -2.05. The highest BCUT2D eigenvalue weighted by molar-refractivity contribution is 5.91. The molecule has 4 rings (SSSR count). The fraction of sp³-hybridized carbons (Fsp3) is 0.688. The first-order chi connectivity index (χ1) is 11.0. The zero-order chi connectivity index (χ0) is 16.2. The van der Waals surface area contributed by atoms with Crippen molar-refractivity contribution in [3.8, 4) is 0 Å². The van der Waals surface area contributed by atoms with Gasteiger partial charge in [-0.25, -0.2) is 4.79 Å². The van der Waals surface area contributed by atoms with E-state index in [0.717, 1.165) is 31.4 Å². The second-order valence-corrected chi connectivity index (χ2v) is 7.14. The van der Waals surface area contributed by atoms with Gasteiger partial charge in [-0.2, -0.15) is 0 Å². The van der Waals surface area contributed by atoms with Crippen LogP contribution in [-0.4, -0.2) is 40.3 Å². The maximum absolute atomic E-state index is 12.6. The fourth-order valence-electron chi connectivity index (χ4n) is 4.14. The molecule has 1 aromatic rings. The topological polar surface area (TPSA) is 95.7 Å². The first-order valence-corrected chi connectivity index (χ1v) is 8.27. The van der Waals surface area contributed by atoms with Gasteiger partial charge >= 0.3 is 12.0 Å². The van der Waals surface area contributed by atoms with Crippen molar-refractivity contribution in [2.75, 3.05) is 18.4 Å². The van der Waals surface area contributed by atoms with Gasteiger partial charge in [0, 0.05) is 19.0 Å². The van der Waals surface area contributed by atoms with Crippen LogP contribution in [0.25, 0.3) is 0 Å². The summed E-state index contributed by atoms with van der Waals surface area (Å²) in [6.07, 6.45) is 4.60. The maximum Gasteiger partial charge on any atom is 0.322 e. The van der Waals surface area contributed by atoms with E-state index < -0.39 is 11.4 Å². The molecule has 0 bridgehead atoms. The number of nitrogens with one attached hydrogen (secondary N) is 1. The largest absolute Gasteiger partial charge is 0.481 e. The predicted molar refractivity (Wildman–Crippen MR) is 81.2 cm³/mol. The van der Waals surface area contributed by atoms with Crippen molar-refractivity contribution in [3.05, 3.63) is 11.5 Å². The molecule has 2 amide bonds. The molecular formula is C16H21N3O4. The van der Waals surface area contributed by atoms with Gasteiger partial charge in [-0.15, -0.1) is 0 Å². The standard InChI is InChI=1S/C16H21N3O4/c1-9-12(13(23-18-9)10-4-5-10)17-15(22)19-7-11-3-2-6-16(11,8-19)14(20)21/h10-11H,2-8H2,1H3,(H,17,22)(H,20,21)/t11-,16+/m0/s1. The lowest BCUT2D eigenvalue weighted by molar-refractivity contribution is -0.149. The van der Waals surface area contributed by atoms with Gasteiger partial charge in [0.1, 0.15) is 11.4 Å². The molecule has 0 unspecified atom stereocenters. The molecule has 124 valence electrons. The number of hydrogen-bond donors (Lipinski definition) is 2. The summed E-state index contributed by atoms with van der Waals surface area (Å²) >= 11 is 0. The molecule has 2 N–H and O–H groups in total. The van der Waals surface area contributed by atoms with Crippen LogP contribution in [0.15, 0.2) is 4.52 Å². The highest BCUT2D eigenvalue weighted by atomic mass is 16.5. The molecular weight excluding hydrogens is 298 g/mol. The number of anilines is 1. The van der Waals surface area contributed by atoms with Crippen molar-refractivity contribution in [1.82, 2.24) is 10.1 Å². The molecule has 0 aromatic carbocycles. The van der Waals surface area contributed by atoms with Crippen molar-refractivity contribution in [3.63, 3.8) is 0 Å². The summed E-state index contributed by atoms with van der Waals surface area (Å²) in [5, 5.41) is 16.5. The second kappa shape index (κ2) is 4.97. The molecule has 1 saturated heterocycles. The molecule has 7 nitrogen and oxygen atoms in total. The van der Waals surface area contributed by atoms with Gasteiger partial charge in [-0.3, -0.25) is 4.79 Å². The summed E-state index contributed by atoms with van der Waals surface area (Å²) in [7, 11) is 0. The molecule has 23 heavy (non-hydrogen) atoms. The SMILES string of the molecule is Cc1noc(C2CC2)c1NC(=O)N1C[C@@H]2CCC[C@@]2(C(=O)O)C1. The van der Waals surface area contributed by atoms with Crippen LogP contribution < -0.4 is 5.32 Å². The summed E-state index contributed by atoms with van der Waals surface area (Å²) < 4.78 is 5.34. The number of carbonyl (C=O) groups is 2. The summed E-state index contributed by atoms with van der Waals surface area (Å²) in [5.74, 6) is 0.408. The molecule has 2 heterocycles. The number of rotatable bonds is 3. The van der Waals surface area contributed by atoms with Gasteiger partial charge in [-0.05, 0) is 38.5 Å². The molecule has 3 aliphatic rings. The number of urea groups is 1. The number of carbonyl (C=O) groups excluding carboxylic acids is 1. The Kier molecular flexibility index (Phi) is 3.14. The smallest absolute Gasteiger partial charge is 0.322 e. The molecule has 2 saturated carbocycles. The molecule has 0 spiro atoms. The first kappa shape index (κ1) is 14.5. The van der Waals surface area contributed by atoms with Crippen molar-refractivity contribution in [1.29, 1.82) is 0 Å². The number of aromatic nitrogens is 1. The van der Waals surface area contributed by atoms with Crippen molar-refractivity contribution >= 4 is 17.7 Å². The third kappa shape index (κ3) is 2.21. The molecule has 1 aromatic heterocycles. The lowest BCUT2D eigenvalue weighted by atomic mass is 9.81. The number of hydrogen-bond acceptors (Lipinski definition) is 4. The van der Waals surface area contributed by atoms with Gasteiger partial charge in [0.2, 0.25) is 0 Å². The highest BCUT2D eigenvalue weighted by Gasteiger charge is 2.56. The van der Waals surface area contributed by atoms with E-state index in [9.17, 15) is 14.7 Å². The Labute approximate surface area is 134 Å². The van der Waals surface area contributed by atoms with E-state index in [1.165, 1.54) is 0 Å². The van der Waals surface area contributed by atoms with E-state index in [1.807, 2.05) is 6.92 Å². The average Bonchev–Trinajstić information content (AvgIpc) is 3.00. The quantitative estimate of drug-likeness (QED) is 0.892. The van der Waals surface area contributed by atoms with E-state index in [2.05, 4.69) is 10.5 Å². The van der Waals surface area contributed by atoms with Crippen molar-refractivity contribution in [2.45, 2.75) is 44.9 Å². The summed E-state index contributed by atoms with van der Waals surface area (Å²) in [4.78, 5) is 26.0. The minimum Gasteiger partial charge on any atom is -0.481 e. The summed E-state index contributed by atoms with van der Waals surface area (Å²) in [5.41, 5.74) is 0.590. The number of carboxylic acid groups (broad SMARTS) is 1. The van der Waals surface area contributed by atoms with Crippen LogP contribution >= 0.6 is 0 Å². The van der Waals surface area contributed by atoms with Gasteiger partial charge in [0.25, 0.3) is 0 Å². The summed E-state index contributed by atoms with van der Waals surface area (Å²) in [6, 6.07) is -0.242. The van der Waals surface area contributed by atoms with Crippen molar-refractivity contribution < 1.29 is 19.2 Å². The van der Waals surface area contributed by atoms with Crippen LogP contribution in [0.1, 0.15) is 49.5 Å². The van der Waals surface area contributed by atoms with E-state index in [0.29, 0.717) is 36.8 Å². The molecule has 3 fully saturated rings. The normalized spacial score (nSPS) is 29.6. The van der Waals surface area contributed by atoms with E-state index in [4.69, 9.17) is 4.52 Å². The number of carboxylic acids is 1. The molecule has 2 aliphatic carbocycles. The van der Waals surface area contributed by atoms with Crippen LogP contribution in [0.5, 0.6) is 0 Å². The first-order valence-electron chi connectivity index (χ1n) is 8.27. The molecule has 2 atom stereocenters. The number of aryl methyl sites for hydroxylation is 1. The number of nitrogens with zero attached hydrogens (tertiary/aromatic N) is 2. The fourth-order valence-corrected chi connectivity index (χ4v) is 4.14. The second-order valence-electron chi connectivity index (χ2n) is 7.14. The highest BCUT2D eigenvalue weighted by Crippen LogP contribution is 2.49. The van der Waals surface area contributed by atoms with Gasteiger partial charge < -0.3 is 19.8 Å². The lowest BCUT2D eigenvalue weighted by Gasteiger charge is -2.23. The Morgan fingerprint density at radius 2 is 2.17 bits per heavy atom. The molecule has 0 radical (unpaired) electrons. The van der Waals surface area contributed by atoms with Crippen LogP contribution in [-0.2, 0) is 4.79 Å². The summed E-state index contributed by atoms with van der Waals surface area (Å²) in [6.45, 7) is 2.62. The monoisotopic (exact) mass is 319 g/mol. The van der Waals surface area contributed by atoms with Gasteiger partial charge in [-0.1, -0.05) is 11.6 Å². The van der Waals surface area contributed by atoms with E-state index in [1.54, 1.807) is 4.90 Å². The Bertz CT molecular complexity index is 666. The van der Waals surface area contributed by atoms with Crippen molar-refractivity contribution in [2.24, 2.45) is 11.3 Å². The Balaban J connectivity index is 1.51. The maximum atomic E-state index is 12.6. The Morgan fingerprint density at radius 1 is 1.39 bits per heavy atom. The third-order valence-electron chi connectivity index (χ3n) is 5.65. The lowest BCUT2D eigenvalue weighted by Crippen LogP contribution is -2.38. The number of amides is 2. The molecule has 1 aliphatic heterocycles. The van der Waals surface area contributed by atoms with E-state index in [-0.39, 0.29) is 11.9 Å². The van der Waals surface area contributed by atoms with Crippen LogP contribution in [0.4, 0.5) is 10.5 Å². The number of aliphatic carboxylic acids is 1. The predicted octanol–water partition coefficient (Wildman–Crippen LogP) is 2.58. The molecule has 7 heteroatoms. The zero-order valence-corrected chi connectivity index (χ0v) is 13.2. The van der Waals surface area contributed by atoms with Crippen LogP contribution in [0.2, 0.25) is 0 Å². The minimum absolute atomic E-state index is 0.0669. The average molecular weight is 319 g/mol. The zero-order valence-electron chi connectivity index (χ0n) is 13.2. The van der Waals surface area contributed by atoms with Crippen LogP contribution in [0, 0.1) is 18.3 Å².